The van der Waals surface area contributed by atoms with Crippen LogP contribution in [0.2, 0.25) is 0 Å². The number of benzene rings is 2. The maximum absolute atomic E-state index is 13.8. The number of halogens is 2. The zero-order chi connectivity index (χ0) is 15.4. The molecule has 2 aromatic rings. The van der Waals surface area contributed by atoms with E-state index in [0.717, 1.165) is 18.2 Å². The lowest BCUT2D eigenvalue weighted by atomic mass is 9.89. The highest BCUT2D eigenvalue weighted by Crippen LogP contribution is 2.33. The van der Waals surface area contributed by atoms with Crippen LogP contribution < -0.4 is 10.5 Å². The van der Waals surface area contributed by atoms with Crippen molar-refractivity contribution in [3.8, 4) is 5.75 Å². The highest BCUT2D eigenvalue weighted by molar-refractivity contribution is 5.34. The van der Waals surface area contributed by atoms with E-state index in [4.69, 9.17) is 10.5 Å². The highest BCUT2D eigenvalue weighted by Gasteiger charge is 2.24. The van der Waals surface area contributed by atoms with Gasteiger partial charge in [0.05, 0.1) is 13.2 Å². The van der Waals surface area contributed by atoms with Crippen LogP contribution in [0.3, 0.4) is 0 Å². The molecule has 0 saturated carbocycles. The summed E-state index contributed by atoms with van der Waals surface area (Å²) in [5, 5.41) is 10.4. The maximum Gasteiger partial charge on any atom is 0.129 e. The van der Waals surface area contributed by atoms with Crippen LogP contribution in [0.15, 0.2) is 42.5 Å². The van der Waals surface area contributed by atoms with Crippen molar-refractivity contribution in [1.29, 1.82) is 0 Å². The fourth-order valence-electron chi connectivity index (χ4n) is 2.28. The van der Waals surface area contributed by atoms with Gasteiger partial charge in [-0.3, -0.25) is 0 Å². The molecule has 0 bridgehead atoms. The third-order valence-corrected chi connectivity index (χ3v) is 3.43. The summed E-state index contributed by atoms with van der Waals surface area (Å²) >= 11 is 0. The van der Waals surface area contributed by atoms with Gasteiger partial charge in [-0.15, -0.1) is 0 Å². The molecule has 0 heterocycles. The van der Waals surface area contributed by atoms with Gasteiger partial charge in [0.1, 0.15) is 17.4 Å². The van der Waals surface area contributed by atoms with E-state index in [-0.39, 0.29) is 12.1 Å². The minimum Gasteiger partial charge on any atom is -0.497 e. The lowest BCUT2D eigenvalue weighted by Crippen LogP contribution is -2.21. The van der Waals surface area contributed by atoms with Crippen LogP contribution in [0.4, 0.5) is 8.78 Å². The van der Waals surface area contributed by atoms with Gasteiger partial charge in [0.15, 0.2) is 0 Å². The smallest absolute Gasteiger partial charge is 0.129 e. The Morgan fingerprint density at radius 1 is 1.19 bits per heavy atom. The van der Waals surface area contributed by atoms with Crippen LogP contribution in [-0.4, -0.2) is 18.8 Å². The van der Waals surface area contributed by atoms with E-state index in [9.17, 15) is 13.9 Å². The Morgan fingerprint density at radius 3 is 2.62 bits per heavy atom. The Balaban J connectivity index is 2.37. The fourth-order valence-corrected chi connectivity index (χ4v) is 2.28. The van der Waals surface area contributed by atoms with Crippen LogP contribution in [0.25, 0.3) is 0 Å². The number of aliphatic hydroxyl groups is 1. The Hall–Kier alpha value is -1.98. The second-order valence-corrected chi connectivity index (χ2v) is 4.73. The molecular formula is C16H17F2NO2. The average Bonchev–Trinajstić information content (AvgIpc) is 2.50. The second kappa shape index (κ2) is 6.65. The highest BCUT2D eigenvalue weighted by atomic mass is 19.1. The zero-order valence-corrected chi connectivity index (χ0v) is 11.6. The Bertz CT molecular complexity index is 619. The van der Waals surface area contributed by atoms with Crippen LogP contribution in [0.1, 0.15) is 23.1 Å². The average molecular weight is 293 g/mol. The van der Waals surface area contributed by atoms with Gasteiger partial charge in [0.2, 0.25) is 0 Å². The summed E-state index contributed by atoms with van der Waals surface area (Å²) in [6.07, 6.45) is -1.24. The van der Waals surface area contributed by atoms with Gasteiger partial charge in [0.25, 0.3) is 0 Å². The molecule has 0 saturated heterocycles. The molecule has 0 radical (unpaired) electrons. The quantitative estimate of drug-likeness (QED) is 0.891. The molecule has 0 spiro atoms. The molecule has 5 heteroatoms. The zero-order valence-electron chi connectivity index (χ0n) is 11.6. The topological polar surface area (TPSA) is 55.5 Å². The first-order chi connectivity index (χ1) is 10.1. The van der Waals surface area contributed by atoms with Gasteiger partial charge in [-0.2, -0.15) is 0 Å². The molecule has 2 atom stereocenters. The maximum atomic E-state index is 13.8. The minimum atomic E-state index is -1.24. The predicted molar refractivity (Wildman–Crippen MR) is 76.1 cm³/mol. The van der Waals surface area contributed by atoms with E-state index in [1.807, 2.05) is 0 Å². The SMILES string of the molecule is COc1cccc(C(CN)C(O)c2cc(F)ccc2F)c1. The van der Waals surface area contributed by atoms with Gasteiger partial charge in [-0.1, -0.05) is 12.1 Å². The molecule has 0 aliphatic carbocycles. The standard InChI is InChI=1S/C16H17F2NO2/c1-21-12-4-2-3-10(7-12)14(9-19)16(20)13-8-11(17)5-6-15(13)18/h2-8,14,16,20H,9,19H2,1H3. The summed E-state index contributed by atoms with van der Waals surface area (Å²) in [7, 11) is 1.53. The summed E-state index contributed by atoms with van der Waals surface area (Å²) in [6.45, 7) is 0.0876. The van der Waals surface area contributed by atoms with Crippen molar-refractivity contribution in [2.45, 2.75) is 12.0 Å². The first-order valence-corrected chi connectivity index (χ1v) is 6.54. The van der Waals surface area contributed by atoms with Crippen molar-refractivity contribution in [2.75, 3.05) is 13.7 Å². The third-order valence-electron chi connectivity index (χ3n) is 3.43. The summed E-state index contributed by atoms with van der Waals surface area (Å²) in [5.74, 6) is -1.22. The lowest BCUT2D eigenvalue weighted by Gasteiger charge is -2.23. The molecule has 2 rings (SSSR count). The predicted octanol–water partition coefficient (Wildman–Crippen LogP) is 2.75. The van der Waals surface area contributed by atoms with Crippen LogP contribution in [0, 0.1) is 11.6 Å². The third kappa shape index (κ3) is 3.37. The molecule has 0 aliphatic heterocycles. The van der Waals surface area contributed by atoms with Crippen LogP contribution >= 0.6 is 0 Å². The van der Waals surface area contributed by atoms with Crippen LogP contribution in [0.5, 0.6) is 5.75 Å². The summed E-state index contributed by atoms with van der Waals surface area (Å²) in [4.78, 5) is 0. The normalized spacial score (nSPS) is 13.8. The molecule has 0 amide bonds. The van der Waals surface area contributed by atoms with E-state index < -0.39 is 23.7 Å². The van der Waals surface area contributed by atoms with E-state index >= 15 is 0 Å². The number of hydrogen-bond acceptors (Lipinski definition) is 3. The molecule has 0 aliphatic rings. The number of ether oxygens (including phenoxy) is 1. The van der Waals surface area contributed by atoms with Crippen molar-refractivity contribution in [3.63, 3.8) is 0 Å². The molecule has 21 heavy (non-hydrogen) atoms. The van der Waals surface area contributed by atoms with Gasteiger partial charge < -0.3 is 15.6 Å². The van der Waals surface area contributed by atoms with Crippen molar-refractivity contribution in [3.05, 3.63) is 65.2 Å². The molecule has 0 aromatic heterocycles. The van der Waals surface area contributed by atoms with Gasteiger partial charge in [0, 0.05) is 18.0 Å². The Labute approximate surface area is 122 Å². The summed E-state index contributed by atoms with van der Waals surface area (Å²) < 4.78 is 32.2. The van der Waals surface area contributed by atoms with E-state index in [2.05, 4.69) is 0 Å². The largest absolute Gasteiger partial charge is 0.497 e. The molecule has 0 fully saturated rings. The van der Waals surface area contributed by atoms with E-state index in [0.29, 0.717) is 11.3 Å². The van der Waals surface area contributed by atoms with Gasteiger partial charge in [-0.05, 0) is 35.9 Å². The number of aliphatic hydroxyl groups excluding tert-OH is 1. The van der Waals surface area contributed by atoms with Crippen molar-refractivity contribution >= 4 is 0 Å². The van der Waals surface area contributed by atoms with Crippen molar-refractivity contribution in [1.82, 2.24) is 0 Å². The minimum absolute atomic E-state index is 0.0876. The molecular weight excluding hydrogens is 276 g/mol. The number of rotatable bonds is 5. The van der Waals surface area contributed by atoms with Gasteiger partial charge in [-0.25, -0.2) is 8.78 Å². The molecule has 3 nitrogen and oxygen atoms in total. The summed E-state index contributed by atoms with van der Waals surface area (Å²) in [5.41, 5.74) is 6.30. The first-order valence-electron chi connectivity index (χ1n) is 6.54. The number of nitrogens with two attached hydrogens (primary N) is 1. The van der Waals surface area contributed by atoms with Crippen molar-refractivity contribution in [2.24, 2.45) is 5.73 Å². The van der Waals surface area contributed by atoms with E-state index in [1.54, 1.807) is 24.3 Å². The van der Waals surface area contributed by atoms with Gasteiger partial charge >= 0.3 is 0 Å². The molecule has 3 N–H and O–H groups in total. The van der Waals surface area contributed by atoms with E-state index in [1.165, 1.54) is 7.11 Å². The Kier molecular flexibility index (Phi) is 4.88. The fraction of sp³-hybridized carbons (Fsp3) is 0.250. The number of methoxy groups -OCH3 is 1. The monoisotopic (exact) mass is 293 g/mol. The Morgan fingerprint density at radius 2 is 1.95 bits per heavy atom. The number of hydrogen-bond donors (Lipinski definition) is 2. The first kappa shape index (κ1) is 15.4. The molecule has 112 valence electrons. The molecule has 2 unspecified atom stereocenters. The summed E-state index contributed by atoms with van der Waals surface area (Å²) in [6, 6.07) is 9.99. The molecule has 2 aromatic carbocycles. The second-order valence-electron chi connectivity index (χ2n) is 4.73. The lowest BCUT2D eigenvalue weighted by molar-refractivity contribution is 0.142. The van der Waals surface area contributed by atoms with Crippen LogP contribution in [-0.2, 0) is 0 Å². The van der Waals surface area contributed by atoms with Crippen molar-refractivity contribution < 1.29 is 18.6 Å².